The van der Waals surface area contributed by atoms with Gasteiger partial charge in [0, 0.05) is 47.6 Å². The van der Waals surface area contributed by atoms with Crippen LogP contribution in [0.3, 0.4) is 0 Å². The Kier molecular flexibility index (Phi) is 7.95. The maximum atomic E-state index is 15.9. The number of ether oxygens (including phenoxy) is 3. The second-order valence-corrected chi connectivity index (χ2v) is 13.8. The third kappa shape index (κ3) is 5.30. The molecule has 0 aromatic heterocycles. The second kappa shape index (κ2) is 12.1. The van der Waals surface area contributed by atoms with Crippen LogP contribution in [0.2, 0.25) is 10.0 Å². The van der Waals surface area contributed by atoms with Crippen molar-refractivity contribution in [3.8, 4) is 16.9 Å². The number of hydrogen-bond donors (Lipinski definition) is 1. The van der Waals surface area contributed by atoms with Crippen LogP contribution in [0, 0.1) is 5.82 Å². The summed E-state index contributed by atoms with van der Waals surface area (Å²) in [4.78, 5) is 32.7. The number of piperidine rings is 2. The number of nitrogens with one attached hydrogen (secondary N) is 1. The lowest BCUT2D eigenvalue weighted by molar-refractivity contribution is 0.0515. The van der Waals surface area contributed by atoms with Gasteiger partial charge in [-0.25, -0.2) is 9.18 Å². The van der Waals surface area contributed by atoms with Gasteiger partial charge in [-0.15, -0.1) is 0 Å². The van der Waals surface area contributed by atoms with Gasteiger partial charge < -0.3 is 34.2 Å². The van der Waals surface area contributed by atoms with E-state index in [-0.39, 0.29) is 42.4 Å². The first-order valence-electron chi connectivity index (χ1n) is 16.1. The van der Waals surface area contributed by atoms with Gasteiger partial charge in [0.25, 0.3) is 5.91 Å². The fourth-order valence-corrected chi connectivity index (χ4v) is 8.64. The number of anilines is 2. The number of morpholine rings is 1. The van der Waals surface area contributed by atoms with E-state index in [1.165, 1.54) is 13.2 Å². The van der Waals surface area contributed by atoms with Crippen molar-refractivity contribution < 1.29 is 28.2 Å². The molecule has 6 heterocycles. The Hall–Kier alpha value is -3.57. The normalized spacial score (nSPS) is 24.6. The first-order valence-corrected chi connectivity index (χ1v) is 16.9. The molecule has 3 aromatic rings. The number of esters is 1. The van der Waals surface area contributed by atoms with E-state index in [0.717, 1.165) is 44.5 Å². The zero-order valence-electron chi connectivity index (χ0n) is 25.9. The lowest BCUT2D eigenvalue weighted by Gasteiger charge is -2.47. The summed E-state index contributed by atoms with van der Waals surface area (Å²) in [7, 11) is 1.30. The van der Waals surface area contributed by atoms with Gasteiger partial charge in [0.2, 0.25) is 0 Å². The molecule has 0 radical (unpaired) electrons. The predicted octanol–water partition coefficient (Wildman–Crippen LogP) is 5.89. The molecule has 6 aliphatic heterocycles. The summed E-state index contributed by atoms with van der Waals surface area (Å²) >= 11 is 13.5. The fraction of sp³-hybridized carbons (Fsp3) is 0.429. The number of fused-ring (bicyclic) bond motifs is 6. The molecule has 5 saturated heterocycles. The fourth-order valence-electron chi connectivity index (χ4n) is 8.01. The number of benzene rings is 3. The molecule has 0 spiro atoms. The molecule has 4 bridgehead atoms. The average Bonchev–Trinajstić information content (AvgIpc) is 3.34. The van der Waals surface area contributed by atoms with E-state index in [9.17, 15) is 9.59 Å². The molecule has 246 valence electrons. The minimum atomic E-state index is -0.595. The van der Waals surface area contributed by atoms with Gasteiger partial charge >= 0.3 is 5.97 Å². The quantitative estimate of drug-likeness (QED) is 0.335. The van der Waals surface area contributed by atoms with Crippen LogP contribution in [0.15, 0.2) is 42.5 Å². The number of para-hydroxylation sites is 1. The van der Waals surface area contributed by atoms with Crippen molar-refractivity contribution in [2.75, 3.05) is 49.9 Å². The molecular formula is C35H35Cl2FN4O5. The van der Waals surface area contributed by atoms with E-state index in [0.29, 0.717) is 63.5 Å². The highest BCUT2D eigenvalue weighted by Gasteiger charge is 2.40. The third-order valence-electron chi connectivity index (χ3n) is 10.3. The molecule has 5 fully saturated rings. The van der Waals surface area contributed by atoms with Crippen molar-refractivity contribution in [3.05, 3.63) is 75.0 Å². The Bertz CT molecular complexity index is 1730. The molecule has 0 aliphatic carbocycles. The van der Waals surface area contributed by atoms with Crippen LogP contribution in [-0.4, -0.2) is 81.1 Å². The summed E-state index contributed by atoms with van der Waals surface area (Å²) in [5.41, 5.74) is 3.51. The Labute approximate surface area is 282 Å². The van der Waals surface area contributed by atoms with E-state index in [4.69, 9.17) is 37.4 Å². The van der Waals surface area contributed by atoms with Crippen LogP contribution in [0.25, 0.3) is 11.1 Å². The lowest BCUT2D eigenvalue weighted by atomic mass is 9.92. The first-order chi connectivity index (χ1) is 22.8. The number of methoxy groups -OCH3 is 1. The van der Waals surface area contributed by atoms with Crippen LogP contribution in [0.4, 0.5) is 15.8 Å². The van der Waals surface area contributed by atoms with Gasteiger partial charge in [-0.1, -0.05) is 41.4 Å². The summed E-state index contributed by atoms with van der Waals surface area (Å²) in [5, 5.41) is 4.14. The van der Waals surface area contributed by atoms with E-state index >= 15 is 4.39 Å². The Morgan fingerprint density at radius 2 is 1.72 bits per heavy atom. The standard InChI is InChI=1S/C35H35Cl2FN4O5/c1-45-35(44)27-11-30(38)26(12-31(27)42-22-7-8-23(42)17-46-16-22)25-4-2-3-19-14-40(18-47-33(19)25)34(43)32-28(36)9-24(10-29(32)37)41-15-20-5-6-21(41)13-39-20/h2-4,9-12,20-23,39H,5-8,13-18H2,1H3. The highest BCUT2D eigenvalue weighted by atomic mass is 35.5. The molecule has 47 heavy (non-hydrogen) atoms. The Morgan fingerprint density at radius 1 is 0.979 bits per heavy atom. The maximum absolute atomic E-state index is 15.9. The maximum Gasteiger partial charge on any atom is 0.340 e. The van der Waals surface area contributed by atoms with Crippen molar-refractivity contribution in [2.24, 2.45) is 0 Å². The predicted molar refractivity (Wildman–Crippen MR) is 177 cm³/mol. The van der Waals surface area contributed by atoms with Gasteiger partial charge in [0.1, 0.15) is 11.6 Å². The van der Waals surface area contributed by atoms with Crippen molar-refractivity contribution in [1.29, 1.82) is 0 Å². The van der Waals surface area contributed by atoms with E-state index in [1.807, 2.05) is 24.3 Å². The summed E-state index contributed by atoms with van der Waals surface area (Å²) in [5.74, 6) is -1.02. The summed E-state index contributed by atoms with van der Waals surface area (Å²) < 4.78 is 32.9. The molecule has 1 amide bonds. The van der Waals surface area contributed by atoms with Gasteiger partial charge in [0.05, 0.1) is 65.8 Å². The summed E-state index contributed by atoms with van der Waals surface area (Å²) in [6.45, 7) is 3.05. The molecule has 9 nitrogen and oxygen atoms in total. The Morgan fingerprint density at radius 3 is 2.38 bits per heavy atom. The minimum Gasteiger partial charge on any atom is -0.472 e. The van der Waals surface area contributed by atoms with Gasteiger partial charge in [-0.05, 0) is 49.9 Å². The summed E-state index contributed by atoms with van der Waals surface area (Å²) in [6, 6.07) is 13.1. The monoisotopic (exact) mass is 680 g/mol. The topological polar surface area (TPSA) is 83.6 Å². The van der Waals surface area contributed by atoms with E-state index < -0.39 is 11.8 Å². The molecule has 4 atom stereocenters. The number of carbonyl (C=O) groups excluding carboxylic acids is 2. The second-order valence-electron chi connectivity index (χ2n) is 13.0. The van der Waals surface area contributed by atoms with Gasteiger partial charge in [-0.2, -0.15) is 0 Å². The van der Waals surface area contributed by atoms with Gasteiger partial charge in [-0.3, -0.25) is 4.79 Å². The average molecular weight is 682 g/mol. The largest absolute Gasteiger partial charge is 0.472 e. The lowest BCUT2D eigenvalue weighted by Crippen LogP contribution is -2.61. The van der Waals surface area contributed by atoms with Gasteiger partial charge in [0.15, 0.2) is 6.73 Å². The SMILES string of the molecule is COC(=O)c1cc(F)c(-c2cccc3c2OCN(C(=O)c2c(Cl)cc(N4CC5CCC4CN5)cc2Cl)C3)cc1N1C2CCC1COC2. The number of hydrogen-bond acceptors (Lipinski definition) is 8. The van der Waals surface area contributed by atoms with Crippen LogP contribution in [-0.2, 0) is 16.0 Å². The number of amides is 1. The number of rotatable bonds is 5. The third-order valence-corrected chi connectivity index (χ3v) is 10.9. The van der Waals surface area contributed by atoms with Crippen molar-refractivity contribution in [2.45, 2.75) is 56.4 Å². The highest BCUT2D eigenvalue weighted by Crippen LogP contribution is 2.44. The molecule has 9 rings (SSSR count). The first kappa shape index (κ1) is 30.7. The minimum absolute atomic E-state index is 0.0683. The van der Waals surface area contributed by atoms with E-state index in [2.05, 4.69) is 15.1 Å². The smallest absolute Gasteiger partial charge is 0.340 e. The molecular weight excluding hydrogens is 646 g/mol. The number of piperazine rings is 1. The van der Waals surface area contributed by atoms with Crippen molar-refractivity contribution in [3.63, 3.8) is 0 Å². The zero-order valence-corrected chi connectivity index (χ0v) is 27.5. The molecule has 4 unspecified atom stereocenters. The molecule has 1 N–H and O–H groups in total. The number of nitrogens with zero attached hydrogens (tertiary/aromatic N) is 3. The summed E-state index contributed by atoms with van der Waals surface area (Å²) in [6.07, 6.45) is 4.12. The van der Waals surface area contributed by atoms with Crippen LogP contribution >= 0.6 is 23.2 Å². The highest BCUT2D eigenvalue weighted by molar-refractivity contribution is 6.40. The number of carbonyl (C=O) groups is 2. The molecule has 6 aliphatic rings. The Balaban J connectivity index is 1.09. The van der Waals surface area contributed by atoms with Crippen molar-refractivity contribution in [1.82, 2.24) is 10.2 Å². The molecule has 12 heteroatoms. The van der Waals surface area contributed by atoms with Crippen LogP contribution < -0.4 is 19.9 Å². The zero-order chi connectivity index (χ0) is 32.4. The van der Waals surface area contributed by atoms with Crippen LogP contribution in [0.1, 0.15) is 52.0 Å². The molecule has 3 aromatic carbocycles. The van der Waals surface area contributed by atoms with Crippen LogP contribution in [0.5, 0.6) is 5.75 Å². The molecule has 0 saturated carbocycles. The number of halogens is 3. The van der Waals surface area contributed by atoms with Crippen molar-refractivity contribution >= 4 is 46.5 Å². The van der Waals surface area contributed by atoms with E-state index in [1.54, 1.807) is 17.0 Å².